The highest BCUT2D eigenvalue weighted by Gasteiger charge is 2.13. The van der Waals surface area contributed by atoms with Gasteiger partial charge in [0.1, 0.15) is 6.61 Å². The highest BCUT2D eigenvalue weighted by Crippen LogP contribution is 2.31. The minimum absolute atomic E-state index is 0.228. The zero-order valence-electron chi connectivity index (χ0n) is 16.7. The van der Waals surface area contributed by atoms with Crippen molar-refractivity contribution in [3.63, 3.8) is 0 Å². The lowest BCUT2D eigenvalue weighted by molar-refractivity contribution is -0.144. The Morgan fingerprint density at radius 3 is 2.30 bits per heavy atom. The Kier molecular flexibility index (Phi) is 7.99. The molecule has 0 saturated carbocycles. The average molecular weight is 371 g/mol. The van der Waals surface area contributed by atoms with E-state index in [0.29, 0.717) is 17.9 Å². The quantitative estimate of drug-likeness (QED) is 0.585. The van der Waals surface area contributed by atoms with Gasteiger partial charge >= 0.3 is 5.97 Å². The van der Waals surface area contributed by atoms with Crippen molar-refractivity contribution < 1.29 is 19.0 Å². The van der Waals surface area contributed by atoms with E-state index in [9.17, 15) is 4.79 Å². The molecular formula is C22H29NO4. The number of hydrogen-bond donors (Lipinski definition) is 0. The number of rotatable bonds is 10. The molecule has 0 unspecified atom stereocenters. The number of esters is 1. The van der Waals surface area contributed by atoms with Gasteiger partial charge in [0.15, 0.2) is 11.5 Å². The van der Waals surface area contributed by atoms with Crippen molar-refractivity contribution in [3.8, 4) is 11.5 Å². The first-order valence-corrected chi connectivity index (χ1v) is 9.32. The van der Waals surface area contributed by atoms with Gasteiger partial charge in [-0.15, -0.1) is 0 Å². The van der Waals surface area contributed by atoms with Crippen LogP contribution in [0.2, 0.25) is 0 Å². The van der Waals surface area contributed by atoms with Gasteiger partial charge in [-0.05, 0) is 38.0 Å². The van der Waals surface area contributed by atoms with Gasteiger partial charge in [0.05, 0.1) is 14.2 Å². The van der Waals surface area contributed by atoms with Crippen LogP contribution in [-0.4, -0.2) is 33.3 Å². The topological polar surface area (TPSA) is 48.0 Å². The maximum absolute atomic E-state index is 12.3. The van der Waals surface area contributed by atoms with Crippen LogP contribution in [0.15, 0.2) is 42.5 Å². The van der Waals surface area contributed by atoms with E-state index in [1.54, 1.807) is 14.2 Å². The van der Waals surface area contributed by atoms with Crippen LogP contribution in [0.25, 0.3) is 0 Å². The molecule has 0 aliphatic rings. The average Bonchev–Trinajstić information content (AvgIpc) is 2.71. The number of carbonyl (C=O) groups is 1. The molecule has 2 rings (SSSR count). The minimum atomic E-state index is -0.228. The normalized spacial score (nSPS) is 10.4. The van der Waals surface area contributed by atoms with E-state index in [4.69, 9.17) is 14.2 Å². The van der Waals surface area contributed by atoms with Crippen molar-refractivity contribution in [1.29, 1.82) is 0 Å². The third kappa shape index (κ3) is 5.39. The minimum Gasteiger partial charge on any atom is -0.493 e. The summed E-state index contributed by atoms with van der Waals surface area (Å²) in [6, 6.07) is 13.7. The zero-order valence-corrected chi connectivity index (χ0v) is 16.7. The molecule has 5 heteroatoms. The fourth-order valence-electron chi connectivity index (χ4n) is 3.12. The zero-order chi connectivity index (χ0) is 19.6. The van der Waals surface area contributed by atoms with Crippen LogP contribution < -0.4 is 14.4 Å². The smallest absolute Gasteiger partial charge is 0.306 e. The van der Waals surface area contributed by atoms with Gasteiger partial charge in [-0.2, -0.15) is 0 Å². The number of methoxy groups -OCH3 is 2. The summed E-state index contributed by atoms with van der Waals surface area (Å²) in [5.41, 5.74) is 3.07. The molecule has 0 heterocycles. The first-order valence-electron chi connectivity index (χ1n) is 9.32. The first-order chi connectivity index (χ1) is 13.1. The highest BCUT2D eigenvalue weighted by atomic mass is 16.5. The van der Waals surface area contributed by atoms with Crippen molar-refractivity contribution in [2.75, 3.05) is 32.2 Å². The van der Waals surface area contributed by atoms with E-state index in [0.717, 1.165) is 29.9 Å². The van der Waals surface area contributed by atoms with Crippen LogP contribution in [0.3, 0.4) is 0 Å². The van der Waals surface area contributed by atoms with E-state index in [1.165, 1.54) is 0 Å². The molecule has 0 spiro atoms. The monoisotopic (exact) mass is 371 g/mol. The number of nitrogens with zero attached hydrogens (tertiary/aromatic N) is 1. The number of carbonyl (C=O) groups excluding carboxylic acids is 1. The van der Waals surface area contributed by atoms with Gasteiger partial charge in [-0.1, -0.05) is 30.3 Å². The summed E-state index contributed by atoms with van der Waals surface area (Å²) in [6.45, 7) is 6.34. The van der Waals surface area contributed by atoms with E-state index >= 15 is 0 Å². The molecule has 0 bridgehead atoms. The lowest BCUT2D eigenvalue weighted by Crippen LogP contribution is -2.23. The Bertz CT molecular complexity index is 741. The standard InChI is InChI=1S/C22H29NO4/c1-5-23(6-2)19-12-8-7-10-18(19)16-27-21(24)15-14-17-11-9-13-20(25-3)22(17)26-4/h7-13H,5-6,14-16H2,1-4H3. The number of anilines is 1. The van der Waals surface area contributed by atoms with Crippen LogP contribution >= 0.6 is 0 Å². The molecule has 0 radical (unpaired) electrons. The Labute approximate surface area is 161 Å². The summed E-state index contributed by atoms with van der Waals surface area (Å²) in [6.07, 6.45) is 0.827. The molecule has 27 heavy (non-hydrogen) atoms. The Balaban J connectivity index is 1.97. The summed E-state index contributed by atoms with van der Waals surface area (Å²) in [5, 5.41) is 0. The number of hydrogen-bond acceptors (Lipinski definition) is 5. The summed E-state index contributed by atoms with van der Waals surface area (Å²) < 4.78 is 16.2. The third-order valence-electron chi connectivity index (χ3n) is 4.57. The second-order valence-electron chi connectivity index (χ2n) is 6.11. The van der Waals surface area contributed by atoms with Gasteiger partial charge in [0, 0.05) is 30.8 Å². The summed E-state index contributed by atoms with van der Waals surface area (Å²) >= 11 is 0. The van der Waals surface area contributed by atoms with Gasteiger partial charge in [-0.3, -0.25) is 4.79 Å². The maximum Gasteiger partial charge on any atom is 0.306 e. The van der Waals surface area contributed by atoms with E-state index in [1.807, 2.05) is 36.4 Å². The third-order valence-corrected chi connectivity index (χ3v) is 4.57. The molecule has 146 valence electrons. The predicted molar refractivity (Wildman–Crippen MR) is 108 cm³/mol. The fourth-order valence-corrected chi connectivity index (χ4v) is 3.12. The molecule has 0 fully saturated rings. The number of ether oxygens (including phenoxy) is 3. The summed E-state index contributed by atoms with van der Waals surface area (Å²) in [5.74, 6) is 1.10. The van der Waals surface area contributed by atoms with Gasteiger partial charge < -0.3 is 19.1 Å². The highest BCUT2D eigenvalue weighted by molar-refractivity contribution is 5.70. The van der Waals surface area contributed by atoms with E-state index in [2.05, 4.69) is 24.8 Å². The Morgan fingerprint density at radius 1 is 0.926 bits per heavy atom. The number of para-hydroxylation sites is 2. The van der Waals surface area contributed by atoms with Gasteiger partial charge in [0.25, 0.3) is 0 Å². The molecule has 2 aromatic carbocycles. The van der Waals surface area contributed by atoms with E-state index < -0.39 is 0 Å². The second-order valence-corrected chi connectivity index (χ2v) is 6.11. The Morgan fingerprint density at radius 2 is 1.63 bits per heavy atom. The van der Waals surface area contributed by atoms with Gasteiger partial charge in [-0.25, -0.2) is 0 Å². The molecular weight excluding hydrogens is 342 g/mol. The molecule has 0 atom stereocenters. The fraction of sp³-hybridized carbons (Fsp3) is 0.409. The Hall–Kier alpha value is -2.69. The number of benzene rings is 2. The molecule has 2 aromatic rings. The molecule has 0 N–H and O–H groups in total. The summed E-state index contributed by atoms with van der Waals surface area (Å²) in [7, 11) is 3.20. The summed E-state index contributed by atoms with van der Waals surface area (Å²) in [4.78, 5) is 14.5. The first kappa shape index (κ1) is 20.6. The van der Waals surface area contributed by atoms with Gasteiger partial charge in [0.2, 0.25) is 0 Å². The predicted octanol–water partition coefficient (Wildman–Crippen LogP) is 4.23. The lowest BCUT2D eigenvalue weighted by Gasteiger charge is -2.24. The molecule has 0 amide bonds. The van der Waals surface area contributed by atoms with E-state index in [-0.39, 0.29) is 19.0 Å². The van der Waals surface area contributed by atoms with Crippen molar-refractivity contribution in [3.05, 3.63) is 53.6 Å². The van der Waals surface area contributed by atoms with Crippen molar-refractivity contribution in [1.82, 2.24) is 0 Å². The van der Waals surface area contributed by atoms with Crippen LogP contribution in [0.4, 0.5) is 5.69 Å². The van der Waals surface area contributed by atoms with Crippen molar-refractivity contribution in [2.45, 2.75) is 33.3 Å². The van der Waals surface area contributed by atoms with Crippen LogP contribution in [0.1, 0.15) is 31.4 Å². The SMILES string of the molecule is CCN(CC)c1ccccc1COC(=O)CCc1cccc(OC)c1OC. The van der Waals surface area contributed by atoms with Crippen LogP contribution in [0.5, 0.6) is 11.5 Å². The molecule has 5 nitrogen and oxygen atoms in total. The number of aryl methyl sites for hydroxylation is 1. The van der Waals surface area contributed by atoms with Crippen LogP contribution in [-0.2, 0) is 22.6 Å². The second kappa shape index (κ2) is 10.5. The molecule has 0 aliphatic carbocycles. The van der Waals surface area contributed by atoms with Crippen molar-refractivity contribution in [2.24, 2.45) is 0 Å². The molecule has 0 aromatic heterocycles. The van der Waals surface area contributed by atoms with Crippen LogP contribution in [0, 0.1) is 0 Å². The van der Waals surface area contributed by atoms with Crippen molar-refractivity contribution >= 4 is 11.7 Å². The largest absolute Gasteiger partial charge is 0.493 e. The maximum atomic E-state index is 12.3. The molecule has 0 aliphatic heterocycles. The molecule has 0 saturated heterocycles. The lowest BCUT2D eigenvalue weighted by atomic mass is 10.1.